The Morgan fingerprint density at radius 3 is 2.76 bits per heavy atom. The van der Waals surface area contributed by atoms with Crippen LogP contribution in [0.1, 0.15) is 13.3 Å². The molecule has 0 aromatic rings. The van der Waals surface area contributed by atoms with Crippen molar-refractivity contribution in [2.24, 2.45) is 0 Å². The van der Waals surface area contributed by atoms with Crippen LogP contribution in [0.15, 0.2) is 0 Å². The van der Waals surface area contributed by atoms with Crippen molar-refractivity contribution in [3.63, 3.8) is 0 Å². The number of nitrogens with zero attached hydrogens (tertiary/aromatic N) is 1. The van der Waals surface area contributed by atoms with E-state index in [2.05, 4.69) is 27.8 Å². The van der Waals surface area contributed by atoms with Crippen molar-refractivity contribution >= 4 is 24.3 Å². The highest BCUT2D eigenvalue weighted by Gasteiger charge is 2.18. The molecule has 0 radical (unpaired) electrons. The Balaban J connectivity index is 0.00000256. The Labute approximate surface area is 108 Å². The van der Waals surface area contributed by atoms with Gasteiger partial charge in [-0.2, -0.15) is 0 Å². The number of hydrogen-bond acceptors (Lipinski definition) is 4. The summed E-state index contributed by atoms with van der Waals surface area (Å²) in [5, 5.41) is 7.89. The number of amides is 3. The van der Waals surface area contributed by atoms with Crippen molar-refractivity contribution in [3.8, 4) is 0 Å². The molecule has 0 saturated carbocycles. The summed E-state index contributed by atoms with van der Waals surface area (Å²) in [5.74, 6) is -0.231. The number of piperazine rings is 1. The fourth-order valence-corrected chi connectivity index (χ4v) is 1.71. The van der Waals surface area contributed by atoms with Crippen LogP contribution in [0, 0.1) is 0 Å². The van der Waals surface area contributed by atoms with Gasteiger partial charge in [0.25, 0.3) is 0 Å². The number of nitrogens with one attached hydrogen (secondary N) is 3. The van der Waals surface area contributed by atoms with Gasteiger partial charge in [0.15, 0.2) is 0 Å². The van der Waals surface area contributed by atoms with Gasteiger partial charge in [-0.05, 0) is 6.92 Å². The van der Waals surface area contributed by atoms with Gasteiger partial charge in [-0.25, -0.2) is 4.79 Å². The smallest absolute Gasteiger partial charge is 0.321 e. The molecule has 0 aliphatic carbocycles. The molecular formula is C10H21ClN4O2. The summed E-state index contributed by atoms with van der Waals surface area (Å²) >= 11 is 0. The Morgan fingerprint density at radius 1 is 1.47 bits per heavy atom. The molecule has 1 rings (SSSR count). The third-order valence-electron chi connectivity index (χ3n) is 2.74. The molecule has 1 saturated heterocycles. The number of carbonyl (C=O) groups excluding carboxylic acids is 2. The molecule has 6 nitrogen and oxygen atoms in total. The Morgan fingerprint density at radius 2 is 2.18 bits per heavy atom. The predicted octanol–water partition coefficient (Wildman–Crippen LogP) is -0.452. The summed E-state index contributed by atoms with van der Waals surface area (Å²) in [5.41, 5.74) is 0. The lowest BCUT2D eigenvalue weighted by molar-refractivity contribution is -0.120. The zero-order valence-electron chi connectivity index (χ0n) is 10.3. The molecule has 1 heterocycles. The fraction of sp³-hybridized carbons (Fsp3) is 0.800. The van der Waals surface area contributed by atoms with Crippen molar-refractivity contribution < 1.29 is 9.59 Å². The van der Waals surface area contributed by atoms with Crippen LogP contribution in [0.5, 0.6) is 0 Å². The van der Waals surface area contributed by atoms with E-state index in [-0.39, 0.29) is 18.3 Å². The SMILES string of the molecule is CNC(=O)NC(=O)CCN1CCNC[C@@H]1C.Cl. The van der Waals surface area contributed by atoms with Gasteiger partial charge in [-0.1, -0.05) is 0 Å². The van der Waals surface area contributed by atoms with Crippen LogP contribution < -0.4 is 16.0 Å². The minimum atomic E-state index is -0.446. The maximum atomic E-state index is 11.3. The van der Waals surface area contributed by atoms with E-state index in [1.165, 1.54) is 7.05 Å². The van der Waals surface area contributed by atoms with E-state index in [0.717, 1.165) is 19.6 Å². The number of rotatable bonds is 3. The van der Waals surface area contributed by atoms with E-state index in [4.69, 9.17) is 0 Å². The number of halogens is 1. The number of carbonyl (C=O) groups is 2. The van der Waals surface area contributed by atoms with Crippen molar-refractivity contribution in [3.05, 3.63) is 0 Å². The molecule has 1 aliphatic heterocycles. The van der Waals surface area contributed by atoms with Gasteiger partial charge in [0.1, 0.15) is 0 Å². The highest BCUT2D eigenvalue weighted by molar-refractivity contribution is 5.94. The van der Waals surface area contributed by atoms with Gasteiger partial charge in [0.05, 0.1) is 0 Å². The minimum absolute atomic E-state index is 0. The van der Waals surface area contributed by atoms with Crippen molar-refractivity contribution in [2.75, 3.05) is 33.2 Å². The first-order valence-electron chi connectivity index (χ1n) is 5.60. The van der Waals surface area contributed by atoms with E-state index in [9.17, 15) is 9.59 Å². The molecule has 3 amide bonds. The molecule has 0 aromatic heterocycles. The van der Waals surface area contributed by atoms with Crippen LogP contribution in [-0.4, -0.2) is 56.1 Å². The van der Waals surface area contributed by atoms with Gasteiger partial charge in [-0.15, -0.1) is 12.4 Å². The first-order valence-corrected chi connectivity index (χ1v) is 5.60. The highest BCUT2D eigenvalue weighted by Crippen LogP contribution is 2.02. The summed E-state index contributed by atoms with van der Waals surface area (Å²) in [4.78, 5) is 24.5. The number of urea groups is 1. The molecule has 3 N–H and O–H groups in total. The van der Waals surface area contributed by atoms with Gasteiger partial charge >= 0.3 is 6.03 Å². The largest absolute Gasteiger partial charge is 0.341 e. The quantitative estimate of drug-likeness (QED) is 0.646. The number of hydrogen-bond donors (Lipinski definition) is 3. The highest BCUT2D eigenvalue weighted by atomic mass is 35.5. The lowest BCUT2D eigenvalue weighted by Crippen LogP contribution is -2.50. The average Bonchev–Trinajstić information content (AvgIpc) is 2.28. The van der Waals surface area contributed by atoms with Crippen LogP contribution in [-0.2, 0) is 4.79 Å². The molecular weight excluding hydrogens is 244 g/mol. The molecule has 1 fully saturated rings. The normalized spacial score (nSPS) is 20.2. The molecule has 0 unspecified atom stereocenters. The number of imide groups is 1. The molecule has 0 spiro atoms. The summed E-state index contributed by atoms with van der Waals surface area (Å²) in [7, 11) is 1.49. The molecule has 0 aromatic carbocycles. The zero-order valence-corrected chi connectivity index (χ0v) is 11.1. The molecule has 17 heavy (non-hydrogen) atoms. The van der Waals surface area contributed by atoms with Gasteiger partial charge in [0.2, 0.25) is 5.91 Å². The van der Waals surface area contributed by atoms with Crippen LogP contribution in [0.2, 0.25) is 0 Å². The third kappa shape index (κ3) is 5.86. The van der Waals surface area contributed by atoms with Gasteiger partial charge in [-0.3, -0.25) is 15.0 Å². The molecule has 1 atom stereocenters. The van der Waals surface area contributed by atoms with E-state index in [1.54, 1.807) is 0 Å². The monoisotopic (exact) mass is 264 g/mol. The predicted molar refractivity (Wildman–Crippen MR) is 68.4 cm³/mol. The third-order valence-corrected chi connectivity index (χ3v) is 2.74. The van der Waals surface area contributed by atoms with Crippen molar-refractivity contribution in [1.29, 1.82) is 0 Å². The molecule has 7 heteroatoms. The standard InChI is InChI=1S/C10H20N4O2.ClH/c1-8-7-12-4-6-14(8)5-3-9(15)13-10(16)11-2;/h8,12H,3-7H2,1-2H3,(H2,11,13,15,16);1H/t8-;/m0./s1. The minimum Gasteiger partial charge on any atom is -0.341 e. The van der Waals surface area contributed by atoms with E-state index in [1.807, 2.05) is 0 Å². The van der Waals surface area contributed by atoms with E-state index >= 15 is 0 Å². The lowest BCUT2D eigenvalue weighted by Gasteiger charge is -2.33. The van der Waals surface area contributed by atoms with Gasteiger partial charge in [0, 0.05) is 45.7 Å². The van der Waals surface area contributed by atoms with Crippen LogP contribution >= 0.6 is 12.4 Å². The summed E-state index contributed by atoms with van der Waals surface area (Å²) in [6.07, 6.45) is 0.359. The summed E-state index contributed by atoms with van der Waals surface area (Å²) < 4.78 is 0. The van der Waals surface area contributed by atoms with E-state index in [0.29, 0.717) is 19.0 Å². The second-order valence-corrected chi connectivity index (χ2v) is 3.97. The summed E-state index contributed by atoms with van der Waals surface area (Å²) in [6.45, 7) is 5.70. The first kappa shape index (κ1) is 16.1. The Hall–Kier alpha value is -0.850. The zero-order chi connectivity index (χ0) is 12.0. The second kappa shape index (κ2) is 8.27. The average molecular weight is 265 g/mol. The van der Waals surface area contributed by atoms with E-state index < -0.39 is 6.03 Å². The van der Waals surface area contributed by atoms with Gasteiger partial charge < -0.3 is 10.6 Å². The van der Waals surface area contributed by atoms with Crippen LogP contribution in [0.3, 0.4) is 0 Å². The Bertz CT molecular complexity index is 263. The van der Waals surface area contributed by atoms with Crippen molar-refractivity contribution in [1.82, 2.24) is 20.9 Å². The van der Waals surface area contributed by atoms with Crippen molar-refractivity contribution in [2.45, 2.75) is 19.4 Å². The second-order valence-electron chi connectivity index (χ2n) is 3.97. The maximum Gasteiger partial charge on any atom is 0.321 e. The van der Waals surface area contributed by atoms with Crippen LogP contribution in [0.25, 0.3) is 0 Å². The molecule has 1 aliphatic rings. The topological polar surface area (TPSA) is 73.5 Å². The summed E-state index contributed by atoms with van der Waals surface area (Å²) in [6, 6.07) is -0.0000824. The molecule has 0 bridgehead atoms. The first-order chi connectivity index (χ1) is 7.63. The molecule has 100 valence electrons. The fourth-order valence-electron chi connectivity index (χ4n) is 1.71. The Kier molecular flexibility index (Phi) is 7.86. The lowest BCUT2D eigenvalue weighted by atomic mass is 10.2. The van der Waals surface area contributed by atoms with Crippen LogP contribution in [0.4, 0.5) is 4.79 Å². The maximum absolute atomic E-state index is 11.3.